The maximum absolute atomic E-state index is 12.0. The molecule has 0 unspecified atom stereocenters. The first-order chi connectivity index (χ1) is 22.5. The van der Waals surface area contributed by atoms with Gasteiger partial charge in [0.2, 0.25) is 17.7 Å². The monoisotopic (exact) mass is 659 g/mol. The molecule has 0 aliphatic heterocycles. The van der Waals surface area contributed by atoms with Crippen LogP contribution in [0.5, 0.6) is 0 Å². The van der Waals surface area contributed by atoms with Crippen LogP contribution in [0.25, 0.3) is 0 Å². The molecule has 0 atom stereocenters. The van der Waals surface area contributed by atoms with Gasteiger partial charge in [-0.1, -0.05) is 90.4 Å². The van der Waals surface area contributed by atoms with Crippen molar-refractivity contribution >= 4 is 23.7 Å². The molecule has 0 fully saturated rings. The number of carboxylic acid groups (broad SMARTS) is 1. The zero-order chi connectivity index (χ0) is 33.8. The molecule has 0 radical (unpaired) electrons. The van der Waals surface area contributed by atoms with E-state index in [0.717, 1.165) is 44.9 Å². The largest absolute Gasteiger partial charge is 0.481 e. The van der Waals surface area contributed by atoms with Gasteiger partial charge in [-0.05, 0) is 19.3 Å². The number of carboxylic acids is 1. The second-order valence-electron chi connectivity index (χ2n) is 11.6. The molecule has 0 aliphatic carbocycles. The Morgan fingerprint density at radius 3 is 1.24 bits per heavy atom. The third-order valence-electron chi connectivity index (χ3n) is 7.24. The van der Waals surface area contributed by atoms with Crippen LogP contribution in [0.4, 0.5) is 0 Å². The van der Waals surface area contributed by atoms with Crippen LogP contribution in [0.3, 0.4) is 0 Å². The van der Waals surface area contributed by atoms with Gasteiger partial charge in [0.1, 0.15) is 13.2 Å². The summed E-state index contributed by atoms with van der Waals surface area (Å²) in [5, 5.41) is 17.0. The standard InChI is InChI=1S/C34H65N3O9/c1-2-3-20-35-32(39)29-45-27-26-44-24-22-37-33(40)30-46-28-25-43-23-21-36-31(38)18-16-14-12-10-8-6-4-5-7-9-11-13-15-17-19-34(41)42/h2-30H2,1H3,(H,35,39)(H,36,38)(H,37,40)(H,41,42). The number of rotatable bonds is 36. The number of ether oxygens (including phenoxy) is 4. The number of amides is 3. The Morgan fingerprint density at radius 1 is 0.435 bits per heavy atom. The SMILES string of the molecule is CCCCNC(=O)COCCOCCNC(=O)COCCOCCNC(=O)CCCCCCCCCCCCCCCCC(=O)O. The maximum Gasteiger partial charge on any atom is 0.303 e. The second kappa shape index (κ2) is 35.6. The molecule has 0 saturated heterocycles. The fraction of sp³-hybridized carbons (Fsp3) is 0.882. The van der Waals surface area contributed by atoms with E-state index in [9.17, 15) is 19.2 Å². The van der Waals surface area contributed by atoms with Crippen molar-refractivity contribution in [2.45, 2.75) is 122 Å². The average Bonchev–Trinajstić information content (AvgIpc) is 3.03. The van der Waals surface area contributed by atoms with Crippen molar-refractivity contribution in [3.05, 3.63) is 0 Å². The third kappa shape index (κ3) is 36.2. The molecule has 12 heteroatoms. The Morgan fingerprint density at radius 2 is 0.804 bits per heavy atom. The predicted octanol–water partition coefficient (Wildman–Crippen LogP) is 4.53. The molecule has 0 rings (SSSR count). The Labute approximate surface area is 277 Å². The van der Waals surface area contributed by atoms with Crippen molar-refractivity contribution in [2.24, 2.45) is 0 Å². The van der Waals surface area contributed by atoms with Gasteiger partial charge in [-0.3, -0.25) is 19.2 Å². The molecule has 3 amide bonds. The Balaban J connectivity index is 3.29. The summed E-state index contributed by atoms with van der Waals surface area (Å²) in [6, 6.07) is 0. The van der Waals surface area contributed by atoms with E-state index in [1.165, 1.54) is 57.8 Å². The van der Waals surface area contributed by atoms with Crippen LogP contribution in [-0.4, -0.2) is 101 Å². The molecular weight excluding hydrogens is 594 g/mol. The smallest absolute Gasteiger partial charge is 0.303 e. The van der Waals surface area contributed by atoms with Gasteiger partial charge in [0, 0.05) is 32.5 Å². The van der Waals surface area contributed by atoms with E-state index in [4.69, 9.17) is 24.1 Å². The minimum absolute atomic E-state index is 0.0194. The van der Waals surface area contributed by atoms with Gasteiger partial charge >= 0.3 is 5.97 Å². The molecule has 0 aromatic rings. The minimum Gasteiger partial charge on any atom is -0.481 e. The summed E-state index contributed by atoms with van der Waals surface area (Å²) < 4.78 is 21.3. The van der Waals surface area contributed by atoms with E-state index >= 15 is 0 Å². The molecule has 0 bridgehead atoms. The minimum atomic E-state index is -0.689. The fourth-order valence-corrected chi connectivity index (χ4v) is 4.57. The molecule has 0 aliphatic rings. The van der Waals surface area contributed by atoms with E-state index in [2.05, 4.69) is 22.9 Å². The highest BCUT2D eigenvalue weighted by Gasteiger charge is 2.04. The fourth-order valence-electron chi connectivity index (χ4n) is 4.57. The lowest BCUT2D eigenvalue weighted by molar-refractivity contribution is -0.137. The lowest BCUT2D eigenvalue weighted by Crippen LogP contribution is -2.31. The van der Waals surface area contributed by atoms with Crippen LogP contribution >= 0.6 is 0 Å². The van der Waals surface area contributed by atoms with Gasteiger partial charge in [-0.2, -0.15) is 0 Å². The molecule has 0 heterocycles. The van der Waals surface area contributed by atoms with E-state index in [1.54, 1.807) is 0 Å². The Bertz CT molecular complexity index is 741. The summed E-state index contributed by atoms with van der Waals surface area (Å²) in [5.74, 6) is -0.996. The van der Waals surface area contributed by atoms with E-state index in [-0.39, 0.29) is 30.9 Å². The highest BCUT2D eigenvalue weighted by Crippen LogP contribution is 2.13. The molecular formula is C34H65N3O9. The molecule has 270 valence electrons. The Kier molecular flexibility index (Phi) is 33.8. The average molecular weight is 660 g/mol. The van der Waals surface area contributed by atoms with Gasteiger partial charge in [-0.15, -0.1) is 0 Å². The third-order valence-corrected chi connectivity index (χ3v) is 7.24. The zero-order valence-electron chi connectivity index (χ0n) is 28.7. The van der Waals surface area contributed by atoms with Gasteiger partial charge in [0.15, 0.2) is 0 Å². The molecule has 0 saturated carbocycles. The van der Waals surface area contributed by atoms with Crippen molar-refractivity contribution in [2.75, 3.05) is 72.5 Å². The van der Waals surface area contributed by atoms with E-state index < -0.39 is 5.97 Å². The van der Waals surface area contributed by atoms with E-state index in [1.807, 2.05) is 0 Å². The molecule has 46 heavy (non-hydrogen) atoms. The van der Waals surface area contributed by atoms with Crippen LogP contribution in [0.2, 0.25) is 0 Å². The second-order valence-corrected chi connectivity index (χ2v) is 11.6. The van der Waals surface area contributed by atoms with Crippen molar-refractivity contribution in [1.82, 2.24) is 16.0 Å². The summed E-state index contributed by atoms with van der Waals surface area (Å²) in [6.07, 6.45) is 19.1. The topological polar surface area (TPSA) is 162 Å². The lowest BCUT2D eigenvalue weighted by Gasteiger charge is -2.09. The summed E-state index contributed by atoms with van der Waals surface area (Å²) in [5.41, 5.74) is 0. The van der Waals surface area contributed by atoms with Crippen LogP contribution in [0.15, 0.2) is 0 Å². The summed E-state index contributed by atoms with van der Waals surface area (Å²) in [4.78, 5) is 45.7. The number of hydrogen-bond donors (Lipinski definition) is 4. The maximum atomic E-state index is 12.0. The number of carbonyl (C=O) groups is 4. The van der Waals surface area contributed by atoms with Crippen LogP contribution in [0.1, 0.15) is 122 Å². The molecule has 0 aromatic carbocycles. The van der Waals surface area contributed by atoms with Gasteiger partial charge in [0.05, 0.1) is 39.6 Å². The molecule has 0 spiro atoms. The number of carbonyl (C=O) groups excluding carboxylic acids is 3. The van der Waals surface area contributed by atoms with Gasteiger partial charge in [0.25, 0.3) is 0 Å². The van der Waals surface area contributed by atoms with Gasteiger partial charge < -0.3 is 40.0 Å². The first-order valence-corrected chi connectivity index (χ1v) is 17.8. The van der Waals surface area contributed by atoms with E-state index in [0.29, 0.717) is 72.1 Å². The molecule has 4 N–H and O–H groups in total. The first kappa shape index (κ1) is 43.7. The Hall–Kier alpha value is -2.28. The lowest BCUT2D eigenvalue weighted by atomic mass is 10.0. The van der Waals surface area contributed by atoms with Crippen LogP contribution < -0.4 is 16.0 Å². The van der Waals surface area contributed by atoms with Gasteiger partial charge in [-0.25, -0.2) is 0 Å². The quantitative estimate of drug-likeness (QED) is 0.0709. The molecule has 12 nitrogen and oxygen atoms in total. The highest BCUT2D eigenvalue weighted by atomic mass is 16.5. The summed E-state index contributed by atoms with van der Waals surface area (Å²) in [7, 11) is 0. The van der Waals surface area contributed by atoms with Crippen molar-refractivity contribution in [3.63, 3.8) is 0 Å². The van der Waals surface area contributed by atoms with Crippen LogP contribution in [0, 0.1) is 0 Å². The number of hydrogen-bond acceptors (Lipinski definition) is 8. The summed E-state index contributed by atoms with van der Waals surface area (Å²) >= 11 is 0. The normalized spacial score (nSPS) is 11.0. The van der Waals surface area contributed by atoms with Crippen molar-refractivity contribution < 1.29 is 43.2 Å². The van der Waals surface area contributed by atoms with Crippen molar-refractivity contribution in [1.29, 1.82) is 0 Å². The summed E-state index contributed by atoms with van der Waals surface area (Å²) in [6.45, 7) is 5.55. The predicted molar refractivity (Wildman–Crippen MR) is 179 cm³/mol. The number of aliphatic carboxylic acids is 1. The molecule has 0 aromatic heterocycles. The van der Waals surface area contributed by atoms with Crippen molar-refractivity contribution in [3.8, 4) is 0 Å². The first-order valence-electron chi connectivity index (χ1n) is 17.8. The van der Waals surface area contributed by atoms with Crippen LogP contribution in [-0.2, 0) is 38.1 Å². The number of unbranched alkanes of at least 4 members (excludes halogenated alkanes) is 14. The zero-order valence-corrected chi connectivity index (χ0v) is 28.7. The number of nitrogens with one attached hydrogen (secondary N) is 3. The highest BCUT2D eigenvalue weighted by molar-refractivity contribution is 5.77.